The van der Waals surface area contributed by atoms with Gasteiger partial charge in [0.05, 0.1) is 22.1 Å². The van der Waals surface area contributed by atoms with E-state index in [1.54, 1.807) is 59.1 Å². The van der Waals surface area contributed by atoms with Crippen LogP contribution in [0, 0.1) is 10.1 Å². The molecule has 1 aliphatic rings. The highest BCUT2D eigenvalue weighted by Crippen LogP contribution is 2.48. The number of hydrogen-bond acceptors (Lipinski definition) is 7. The minimum Gasteiger partial charge on any atom is -0.321 e. The number of non-ortho nitro benzene ring substituents is 1. The van der Waals surface area contributed by atoms with E-state index in [9.17, 15) is 24.5 Å². The molecule has 0 unspecified atom stereocenters. The minimum absolute atomic E-state index is 0.0444. The monoisotopic (exact) mass is 658 g/mol. The van der Waals surface area contributed by atoms with Crippen LogP contribution in [-0.2, 0) is 9.59 Å². The standard InChI is InChI=1S/C36H26N4O5S2/c41-34(39-30-10-4-6-12-32(30)47-33-13-7-5-11-31(33)39)23-46-28-20-16-26(17-21-28)37-36(43)29(38-35(42)25-8-2-1-3-9-25)22-24-14-18-27(19-15-24)40(44)45/h1-22H,23H2,(H,37,43)(H,38,42)/b29-22-. The van der Waals surface area contributed by atoms with E-state index in [0.717, 1.165) is 26.1 Å². The molecule has 5 aromatic rings. The van der Waals surface area contributed by atoms with Crippen LogP contribution >= 0.6 is 23.5 Å². The Morgan fingerprint density at radius 1 is 0.766 bits per heavy atom. The molecule has 47 heavy (non-hydrogen) atoms. The Labute approximate surface area is 278 Å². The lowest BCUT2D eigenvalue weighted by atomic mass is 10.1. The van der Waals surface area contributed by atoms with E-state index in [1.165, 1.54) is 42.1 Å². The van der Waals surface area contributed by atoms with Gasteiger partial charge in [0, 0.05) is 38.1 Å². The van der Waals surface area contributed by atoms with Gasteiger partial charge in [-0.25, -0.2) is 0 Å². The Balaban J connectivity index is 1.14. The van der Waals surface area contributed by atoms with Crippen molar-refractivity contribution in [2.45, 2.75) is 14.7 Å². The molecule has 6 rings (SSSR count). The van der Waals surface area contributed by atoms with Crippen LogP contribution in [0.5, 0.6) is 0 Å². The highest BCUT2D eigenvalue weighted by molar-refractivity contribution is 8.00. The number of carbonyl (C=O) groups is 3. The zero-order chi connectivity index (χ0) is 32.8. The fraction of sp³-hybridized carbons (Fsp3) is 0.0278. The maximum atomic E-state index is 13.5. The number of rotatable bonds is 9. The summed E-state index contributed by atoms with van der Waals surface area (Å²) >= 11 is 3.03. The number of thioether (sulfide) groups is 1. The van der Waals surface area contributed by atoms with Crippen molar-refractivity contribution in [3.8, 4) is 0 Å². The molecular weight excluding hydrogens is 633 g/mol. The van der Waals surface area contributed by atoms with E-state index in [0.29, 0.717) is 16.8 Å². The van der Waals surface area contributed by atoms with Crippen LogP contribution in [0.1, 0.15) is 15.9 Å². The van der Waals surface area contributed by atoms with Gasteiger partial charge in [-0.05, 0) is 84.4 Å². The number of para-hydroxylation sites is 2. The molecule has 1 heterocycles. The summed E-state index contributed by atoms with van der Waals surface area (Å²) in [6.07, 6.45) is 1.45. The molecule has 5 aromatic carbocycles. The molecule has 0 bridgehead atoms. The second kappa shape index (κ2) is 14.2. The summed E-state index contributed by atoms with van der Waals surface area (Å²) in [5.41, 5.74) is 2.91. The molecule has 9 nitrogen and oxygen atoms in total. The number of carbonyl (C=O) groups excluding carboxylic acids is 3. The third-order valence-corrected chi connectivity index (χ3v) is 9.23. The molecule has 0 aliphatic carbocycles. The normalized spacial score (nSPS) is 12.0. The number of benzene rings is 5. The molecule has 0 saturated carbocycles. The molecule has 0 radical (unpaired) electrons. The van der Waals surface area contributed by atoms with Crippen molar-refractivity contribution in [3.63, 3.8) is 0 Å². The average Bonchev–Trinajstić information content (AvgIpc) is 3.10. The van der Waals surface area contributed by atoms with Crippen LogP contribution in [0.4, 0.5) is 22.7 Å². The molecule has 0 saturated heterocycles. The number of nitrogens with one attached hydrogen (secondary N) is 2. The molecule has 0 aromatic heterocycles. The van der Waals surface area contributed by atoms with Crippen LogP contribution in [0.2, 0.25) is 0 Å². The van der Waals surface area contributed by atoms with E-state index in [4.69, 9.17) is 0 Å². The molecule has 232 valence electrons. The van der Waals surface area contributed by atoms with Crippen molar-refractivity contribution >= 4 is 70.1 Å². The van der Waals surface area contributed by atoms with Crippen LogP contribution < -0.4 is 15.5 Å². The van der Waals surface area contributed by atoms with Gasteiger partial charge in [-0.2, -0.15) is 0 Å². The average molecular weight is 659 g/mol. The Morgan fingerprint density at radius 3 is 1.98 bits per heavy atom. The van der Waals surface area contributed by atoms with Crippen molar-refractivity contribution in [1.82, 2.24) is 5.32 Å². The van der Waals surface area contributed by atoms with E-state index in [1.807, 2.05) is 60.7 Å². The van der Waals surface area contributed by atoms with Crippen molar-refractivity contribution in [1.29, 1.82) is 0 Å². The summed E-state index contributed by atoms with van der Waals surface area (Å²) in [6.45, 7) is 0. The first-order chi connectivity index (χ1) is 22.9. The zero-order valence-corrected chi connectivity index (χ0v) is 26.3. The fourth-order valence-corrected chi connectivity index (χ4v) is 6.62. The van der Waals surface area contributed by atoms with Crippen molar-refractivity contribution in [2.75, 3.05) is 16.0 Å². The van der Waals surface area contributed by atoms with Gasteiger partial charge in [0.2, 0.25) is 5.91 Å². The second-order valence-electron chi connectivity index (χ2n) is 10.3. The molecule has 0 spiro atoms. The summed E-state index contributed by atoms with van der Waals surface area (Å²) in [7, 11) is 0. The zero-order valence-electron chi connectivity index (χ0n) is 24.7. The third-order valence-electron chi connectivity index (χ3n) is 7.10. The van der Waals surface area contributed by atoms with Gasteiger partial charge in [0.25, 0.3) is 17.5 Å². The molecule has 11 heteroatoms. The molecule has 2 N–H and O–H groups in total. The smallest absolute Gasteiger partial charge is 0.272 e. The number of amides is 3. The highest BCUT2D eigenvalue weighted by atomic mass is 32.2. The number of nitro groups is 1. The maximum absolute atomic E-state index is 13.5. The quantitative estimate of drug-likeness (QED) is 0.0714. The van der Waals surface area contributed by atoms with Gasteiger partial charge in [-0.15, -0.1) is 11.8 Å². The molecule has 3 amide bonds. The number of anilines is 3. The van der Waals surface area contributed by atoms with Crippen LogP contribution in [0.25, 0.3) is 6.08 Å². The predicted molar refractivity (Wildman–Crippen MR) is 185 cm³/mol. The molecule has 1 aliphatic heterocycles. The number of hydrogen-bond donors (Lipinski definition) is 2. The first-order valence-corrected chi connectivity index (χ1v) is 16.2. The third kappa shape index (κ3) is 7.43. The summed E-state index contributed by atoms with van der Waals surface area (Å²) in [4.78, 5) is 55.0. The minimum atomic E-state index is -0.580. The Hall–Kier alpha value is -5.65. The summed E-state index contributed by atoms with van der Waals surface area (Å²) in [6, 6.07) is 36.8. The lowest BCUT2D eigenvalue weighted by Gasteiger charge is -2.31. The Kier molecular flexibility index (Phi) is 9.46. The molecule has 0 atom stereocenters. The first-order valence-electron chi connectivity index (χ1n) is 14.4. The van der Waals surface area contributed by atoms with Crippen LogP contribution in [-0.4, -0.2) is 28.4 Å². The predicted octanol–water partition coefficient (Wildman–Crippen LogP) is 7.93. The van der Waals surface area contributed by atoms with Crippen molar-refractivity contribution < 1.29 is 19.3 Å². The van der Waals surface area contributed by atoms with Gasteiger partial charge in [-0.3, -0.25) is 29.4 Å². The summed E-state index contributed by atoms with van der Waals surface area (Å²) < 4.78 is 0. The maximum Gasteiger partial charge on any atom is 0.272 e. The van der Waals surface area contributed by atoms with Gasteiger partial charge in [0.15, 0.2) is 0 Å². The van der Waals surface area contributed by atoms with E-state index >= 15 is 0 Å². The molecular formula is C36H26N4O5S2. The van der Waals surface area contributed by atoms with Gasteiger partial charge in [-0.1, -0.05) is 54.2 Å². The summed E-state index contributed by atoms with van der Waals surface area (Å²) in [5, 5.41) is 16.5. The SMILES string of the molecule is O=C(Nc1ccc(SCC(=O)N2c3ccccc3Sc3ccccc32)cc1)/C(=C/c1ccc([N+](=O)[O-])cc1)NC(=O)c1ccccc1. The number of nitro benzene ring substituents is 1. The van der Waals surface area contributed by atoms with Crippen molar-refractivity contribution in [3.05, 3.63) is 154 Å². The molecule has 0 fully saturated rings. The fourth-order valence-electron chi connectivity index (χ4n) is 4.82. The second-order valence-corrected chi connectivity index (χ2v) is 12.4. The van der Waals surface area contributed by atoms with E-state index < -0.39 is 16.7 Å². The largest absolute Gasteiger partial charge is 0.321 e. The van der Waals surface area contributed by atoms with Gasteiger partial charge < -0.3 is 10.6 Å². The number of nitrogens with zero attached hydrogens (tertiary/aromatic N) is 2. The van der Waals surface area contributed by atoms with E-state index in [2.05, 4.69) is 10.6 Å². The van der Waals surface area contributed by atoms with Crippen molar-refractivity contribution in [2.24, 2.45) is 0 Å². The van der Waals surface area contributed by atoms with Crippen LogP contribution in [0.15, 0.2) is 148 Å². The lowest BCUT2D eigenvalue weighted by molar-refractivity contribution is -0.384. The topological polar surface area (TPSA) is 122 Å². The summed E-state index contributed by atoms with van der Waals surface area (Å²) in [5.74, 6) is -0.915. The first kappa shape index (κ1) is 31.3. The Morgan fingerprint density at radius 2 is 1.36 bits per heavy atom. The Bertz CT molecular complexity index is 1950. The van der Waals surface area contributed by atoms with Gasteiger partial charge >= 0.3 is 0 Å². The van der Waals surface area contributed by atoms with Gasteiger partial charge in [0.1, 0.15) is 5.70 Å². The number of fused-ring (bicyclic) bond motifs is 2. The lowest BCUT2D eigenvalue weighted by Crippen LogP contribution is -2.30. The highest BCUT2D eigenvalue weighted by Gasteiger charge is 2.27. The van der Waals surface area contributed by atoms with Crippen LogP contribution in [0.3, 0.4) is 0 Å². The van der Waals surface area contributed by atoms with E-state index in [-0.39, 0.29) is 23.0 Å².